The van der Waals surface area contributed by atoms with E-state index >= 15 is 0 Å². The summed E-state index contributed by atoms with van der Waals surface area (Å²) < 4.78 is 17.0. The summed E-state index contributed by atoms with van der Waals surface area (Å²) >= 11 is 0. The van der Waals surface area contributed by atoms with Gasteiger partial charge in [0.2, 0.25) is 11.8 Å². The molecule has 1 aliphatic heterocycles. The van der Waals surface area contributed by atoms with Crippen molar-refractivity contribution in [2.45, 2.75) is 65.8 Å². The average Bonchev–Trinajstić information content (AvgIpc) is 3.51. The van der Waals surface area contributed by atoms with Gasteiger partial charge in [-0.1, -0.05) is 36.4 Å². The highest BCUT2D eigenvalue weighted by Gasteiger charge is 2.31. The summed E-state index contributed by atoms with van der Waals surface area (Å²) in [7, 11) is 0. The number of amidine groups is 1. The Balaban J connectivity index is 1.14. The van der Waals surface area contributed by atoms with Crippen LogP contribution in [0.2, 0.25) is 0 Å². The zero-order valence-electron chi connectivity index (χ0n) is 28.5. The molecular weight excluding hydrogens is 622 g/mol. The second kappa shape index (κ2) is 14.1. The number of aromatic amines is 1. The number of nitrogens with one attached hydrogen (secondary N) is 3. The van der Waals surface area contributed by atoms with Gasteiger partial charge in [0.15, 0.2) is 11.2 Å². The summed E-state index contributed by atoms with van der Waals surface area (Å²) in [6.45, 7) is 13.1. The third-order valence-electron chi connectivity index (χ3n) is 7.73. The van der Waals surface area contributed by atoms with E-state index in [4.69, 9.17) is 25.4 Å². The molecule has 13 nitrogen and oxygen atoms in total. The predicted octanol–water partition coefficient (Wildman–Crippen LogP) is 5.51. The number of fused-ring (bicyclic) bond motifs is 2. The average molecular weight is 664 g/mol. The molecule has 254 valence electrons. The number of nitrogen functional groups attached to an aromatic ring is 1. The number of esters is 1. The van der Waals surface area contributed by atoms with Crippen molar-refractivity contribution in [3.05, 3.63) is 82.7 Å². The first kappa shape index (κ1) is 34.4. The van der Waals surface area contributed by atoms with Crippen LogP contribution in [0.1, 0.15) is 63.8 Å². The van der Waals surface area contributed by atoms with Crippen molar-refractivity contribution < 1.29 is 19.0 Å². The second-order valence-electron chi connectivity index (χ2n) is 13.2. The van der Waals surface area contributed by atoms with Crippen LogP contribution in [-0.4, -0.2) is 56.2 Å². The number of hydrogen-bond acceptors (Lipinski definition) is 11. The summed E-state index contributed by atoms with van der Waals surface area (Å²) in [5, 5.41) is 21.0. The van der Waals surface area contributed by atoms with Gasteiger partial charge in [-0.3, -0.25) is 5.41 Å². The maximum absolute atomic E-state index is 12.5. The summed E-state index contributed by atoms with van der Waals surface area (Å²) in [6, 6.07) is 15.6. The van der Waals surface area contributed by atoms with E-state index in [0.717, 1.165) is 33.5 Å². The van der Waals surface area contributed by atoms with E-state index in [-0.39, 0.29) is 36.3 Å². The Morgan fingerprint density at radius 3 is 2.61 bits per heavy atom. The highest BCUT2D eigenvalue weighted by Crippen LogP contribution is 2.39. The minimum absolute atomic E-state index is 0.0230. The van der Waals surface area contributed by atoms with Gasteiger partial charge in [0.25, 0.3) is 6.02 Å². The molecule has 0 aliphatic carbocycles. The number of imidazole rings is 1. The van der Waals surface area contributed by atoms with Crippen LogP contribution in [0, 0.1) is 16.7 Å². The van der Waals surface area contributed by atoms with E-state index in [0.29, 0.717) is 30.1 Å². The molecule has 0 unspecified atom stereocenters. The van der Waals surface area contributed by atoms with Gasteiger partial charge in [-0.05, 0) is 82.0 Å². The van der Waals surface area contributed by atoms with Gasteiger partial charge in [-0.25, -0.2) is 9.78 Å². The second-order valence-corrected chi connectivity index (χ2v) is 13.2. The molecule has 0 bridgehead atoms. The molecule has 0 spiro atoms. The number of anilines is 2. The Morgan fingerprint density at radius 1 is 1.16 bits per heavy atom. The SMILES string of the molecule is CC1=CC(C)(C)N(CCOC(=N)NCc2ccc(COc3nc(N)nc4[nH]cnc34)cc2)c2ccc(/C=C(\C#N)C(=O)OC(C)(C)C)cc21. The maximum Gasteiger partial charge on any atom is 0.349 e. The van der Waals surface area contributed by atoms with Crippen molar-refractivity contribution in [2.24, 2.45) is 0 Å². The largest absolute Gasteiger partial charge is 0.471 e. The number of carbonyl (C=O) groups is 1. The molecule has 0 atom stereocenters. The number of aromatic nitrogens is 4. The van der Waals surface area contributed by atoms with Gasteiger partial charge in [0, 0.05) is 17.8 Å². The summed E-state index contributed by atoms with van der Waals surface area (Å²) in [4.78, 5) is 30.1. The number of nitrogens with zero attached hydrogens (tertiary/aromatic N) is 5. The van der Waals surface area contributed by atoms with Crippen LogP contribution < -0.4 is 20.7 Å². The van der Waals surface area contributed by atoms with Gasteiger partial charge in [0.05, 0.1) is 18.4 Å². The number of ether oxygens (including phenoxy) is 3. The molecular formula is C36H41N9O4. The van der Waals surface area contributed by atoms with Crippen molar-refractivity contribution in [3.63, 3.8) is 0 Å². The molecule has 13 heteroatoms. The van der Waals surface area contributed by atoms with Crippen molar-refractivity contribution >= 4 is 46.4 Å². The zero-order valence-corrected chi connectivity index (χ0v) is 28.5. The van der Waals surface area contributed by atoms with E-state index in [1.54, 1.807) is 26.8 Å². The molecule has 0 saturated heterocycles. The fraction of sp³-hybridized carbons (Fsp3) is 0.333. The lowest BCUT2D eigenvalue weighted by molar-refractivity contribution is -0.149. The smallest absolute Gasteiger partial charge is 0.349 e. The Morgan fingerprint density at radius 2 is 1.90 bits per heavy atom. The Kier molecular flexibility index (Phi) is 9.89. The number of nitriles is 1. The van der Waals surface area contributed by atoms with E-state index < -0.39 is 11.6 Å². The van der Waals surface area contributed by atoms with Gasteiger partial charge < -0.3 is 35.1 Å². The van der Waals surface area contributed by atoms with Crippen LogP contribution >= 0.6 is 0 Å². The minimum atomic E-state index is -0.699. The van der Waals surface area contributed by atoms with Gasteiger partial charge in [-0.15, -0.1) is 0 Å². The van der Waals surface area contributed by atoms with Crippen LogP contribution in [-0.2, 0) is 27.4 Å². The number of nitrogens with two attached hydrogens (primary N) is 1. The minimum Gasteiger partial charge on any atom is -0.471 e. The molecule has 5 rings (SSSR count). The van der Waals surface area contributed by atoms with Crippen LogP contribution in [0.15, 0.2) is 60.4 Å². The normalized spacial score (nSPS) is 14.0. The van der Waals surface area contributed by atoms with Crippen LogP contribution in [0.3, 0.4) is 0 Å². The number of benzene rings is 2. The third-order valence-corrected chi connectivity index (χ3v) is 7.73. The number of H-pyrrole nitrogens is 1. The quantitative estimate of drug-likeness (QED) is 0.0551. The molecule has 4 aromatic rings. The molecule has 49 heavy (non-hydrogen) atoms. The van der Waals surface area contributed by atoms with E-state index in [1.165, 1.54) is 6.33 Å². The maximum atomic E-state index is 12.5. The lowest BCUT2D eigenvalue weighted by Crippen LogP contribution is -2.47. The van der Waals surface area contributed by atoms with Crippen molar-refractivity contribution in [1.29, 1.82) is 10.7 Å². The molecule has 0 radical (unpaired) electrons. The topological polar surface area (TPSA) is 188 Å². The number of carbonyl (C=O) groups excluding carboxylic acids is 1. The summed E-state index contributed by atoms with van der Waals surface area (Å²) in [5.41, 5.74) is 11.4. The first-order chi connectivity index (χ1) is 23.2. The number of rotatable bonds is 10. The standard InChI is InChI=1S/C36H41N9O4/c1-22-17-36(5,6)45(28-12-11-25(16-27(22)28)15-26(18-37)32(46)49-35(2,3)4)13-14-47-34(39)40-19-23-7-9-24(10-8-23)20-48-31-29-30(42-21-41-29)43-33(38)44-31/h7-12,15-17,21H,13-14,19-20H2,1-6H3,(H2,39,40)(H3,38,41,42,43,44)/b26-15+. The lowest BCUT2D eigenvalue weighted by Gasteiger charge is -2.43. The third kappa shape index (κ3) is 8.53. The fourth-order valence-corrected chi connectivity index (χ4v) is 5.54. The van der Waals surface area contributed by atoms with Gasteiger partial charge >= 0.3 is 5.97 Å². The van der Waals surface area contributed by atoms with Crippen LogP contribution in [0.5, 0.6) is 5.88 Å². The van der Waals surface area contributed by atoms with Crippen molar-refractivity contribution in [3.8, 4) is 11.9 Å². The van der Waals surface area contributed by atoms with E-state index in [1.807, 2.05) is 55.5 Å². The van der Waals surface area contributed by atoms with E-state index in [2.05, 4.69) is 50.1 Å². The van der Waals surface area contributed by atoms with Crippen molar-refractivity contribution in [1.82, 2.24) is 25.3 Å². The molecule has 2 aromatic carbocycles. The zero-order chi connectivity index (χ0) is 35.3. The van der Waals surface area contributed by atoms with Gasteiger partial charge in [-0.2, -0.15) is 15.2 Å². The van der Waals surface area contributed by atoms with Crippen LogP contribution in [0.4, 0.5) is 11.6 Å². The summed E-state index contributed by atoms with van der Waals surface area (Å²) in [6.07, 6.45) is 5.25. The first-order valence-electron chi connectivity index (χ1n) is 15.8. The molecule has 0 saturated carbocycles. The predicted molar refractivity (Wildman–Crippen MR) is 188 cm³/mol. The lowest BCUT2D eigenvalue weighted by atomic mass is 9.88. The molecule has 3 heterocycles. The Labute approximate surface area is 285 Å². The first-order valence-corrected chi connectivity index (χ1v) is 15.8. The Hall–Kier alpha value is -5.90. The molecule has 2 aromatic heterocycles. The Bertz CT molecular complexity index is 1960. The highest BCUT2D eigenvalue weighted by molar-refractivity contribution is 5.98. The molecule has 0 fully saturated rings. The fourth-order valence-electron chi connectivity index (χ4n) is 5.54. The molecule has 1 aliphatic rings. The van der Waals surface area contributed by atoms with Gasteiger partial charge in [0.1, 0.15) is 30.5 Å². The molecule has 5 N–H and O–H groups in total. The molecule has 0 amide bonds. The number of allylic oxidation sites excluding steroid dienone is 1. The van der Waals surface area contributed by atoms with Crippen LogP contribution in [0.25, 0.3) is 22.8 Å². The van der Waals surface area contributed by atoms with E-state index in [9.17, 15) is 10.1 Å². The highest BCUT2D eigenvalue weighted by atomic mass is 16.6. The monoisotopic (exact) mass is 663 g/mol. The number of hydrogen-bond donors (Lipinski definition) is 4. The summed E-state index contributed by atoms with van der Waals surface area (Å²) in [5.74, 6) is -0.237. The van der Waals surface area contributed by atoms with Crippen molar-refractivity contribution in [2.75, 3.05) is 23.8 Å².